The number of carbonyl (C=O) groups excluding carboxylic acids is 2. The molecule has 1 aliphatic rings. The fourth-order valence-electron chi connectivity index (χ4n) is 4.24. The molecule has 1 heterocycles. The Morgan fingerprint density at radius 1 is 0.818 bits per heavy atom. The molecular formula is C28H31NO3S. The predicted octanol–water partition coefficient (Wildman–Crippen LogP) is 5.49. The maximum Gasteiger partial charge on any atom is 0.348 e. The van der Waals surface area contributed by atoms with Gasteiger partial charge in [0.2, 0.25) is 0 Å². The Morgan fingerprint density at radius 3 is 2.06 bits per heavy atom. The van der Waals surface area contributed by atoms with Crippen LogP contribution in [0.4, 0.5) is 0 Å². The Morgan fingerprint density at radius 2 is 1.42 bits per heavy atom. The maximum atomic E-state index is 13.0. The molecule has 0 bridgehead atoms. The fourth-order valence-corrected chi connectivity index (χ4v) is 5.38. The molecule has 0 unspecified atom stereocenters. The number of amides is 1. The monoisotopic (exact) mass is 461 g/mol. The molecule has 4 rings (SSSR count). The van der Waals surface area contributed by atoms with E-state index >= 15 is 0 Å². The lowest BCUT2D eigenvalue weighted by molar-refractivity contribution is -0.134. The molecule has 0 fully saturated rings. The van der Waals surface area contributed by atoms with E-state index in [0.29, 0.717) is 18.0 Å². The van der Waals surface area contributed by atoms with Crippen LogP contribution in [0, 0.1) is 0 Å². The molecule has 2 aromatic carbocycles. The molecule has 1 aromatic heterocycles. The van der Waals surface area contributed by atoms with Gasteiger partial charge in [-0.1, -0.05) is 67.1 Å². The standard InChI is InChI=1S/C28H31NO3S/c30-27(21-32-28(31)26-20-24-14-8-3-9-15-25(24)33-26)29(18-16-22-10-4-1-5-11-22)19-17-23-12-6-2-7-13-23/h1-2,4-7,10-13,20H,3,8-9,14-19,21H2. The number of rotatable bonds is 9. The molecule has 1 aliphatic carbocycles. The van der Waals surface area contributed by atoms with E-state index in [1.54, 1.807) is 0 Å². The van der Waals surface area contributed by atoms with E-state index in [2.05, 4.69) is 24.3 Å². The third-order valence-corrected chi connectivity index (χ3v) is 7.37. The van der Waals surface area contributed by atoms with Gasteiger partial charge in [0.25, 0.3) is 5.91 Å². The van der Waals surface area contributed by atoms with Crippen molar-refractivity contribution in [2.75, 3.05) is 19.7 Å². The van der Waals surface area contributed by atoms with Crippen molar-refractivity contribution < 1.29 is 14.3 Å². The summed E-state index contributed by atoms with van der Waals surface area (Å²) in [6, 6.07) is 22.3. The van der Waals surface area contributed by atoms with Gasteiger partial charge in [-0.2, -0.15) is 0 Å². The molecule has 33 heavy (non-hydrogen) atoms. The number of hydrogen-bond acceptors (Lipinski definition) is 4. The van der Waals surface area contributed by atoms with E-state index in [4.69, 9.17) is 4.74 Å². The van der Waals surface area contributed by atoms with Crippen LogP contribution in [-0.4, -0.2) is 36.5 Å². The molecule has 0 saturated heterocycles. The quantitative estimate of drug-likeness (QED) is 0.313. The highest BCUT2D eigenvalue weighted by Gasteiger charge is 2.20. The Labute approximate surface area is 200 Å². The molecule has 3 aromatic rings. The van der Waals surface area contributed by atoms with Crippen molar-refractivity contribution in [2.24, 2.45) is 0 Å². The van der Waals surface area contributed by atoms with Gasteiger partial charge in [0.05, 0.1) is 0 Å². The number of thiophene rings is 1. The lowest BCUT2D eigenvalue weighted by Gasteiger charge is -2.23. The summed E-state index contributed by atoms with van der Waals surface area (Å²) >= 11 is 1.53. The lowest BCUT2D eigenvalue weighted by Crippen LogP contribution is -2.37. The molecule has 0 spiro atoms. The van der Waals surface area contributed by atoms with Crippen LogP contribution < -0.4 is 0 Å². The summed E-state index contributed by atoms with van der Waals surface area (Å²) in [6.07, 6.45) is 7.22. The normalized spacial score (nSPS) is 13.1. The van der Waals surface area contributed by atoms with Gasteiger partial charge in [0.15, 0.2) is 6.61 Å². The van der Waals surface area contributed by atoms with E-state index in [1.165, 1.54) is 52.2 Å². The van der Waals surface area contributed by atoms with Gasteiger partial charge in [-0.05, 0) is 61.3 Å². The number of carbonyl (C=O) groups is 2. The molecule has 172 valence electrons. The van der Waals surface area contributed by atoms with E-state index in [0.717, 1.165) is 25.7 Å². The zero-order valence-electron chi connectivity index (χ0n) is 19.0. The van der Waals surface area contributed by atoms with Gasteiger partial charge >= 0.3 is 5.97 Å². The minimum absolute atomic E-state index is 0.145. The average Bonchev–Trinajstić information content (AvgIpc) is 3.14. The SMILES string of the molecule is O=C(OCC(=O)N(CCc1ccccc1)CCc1ccccc1)c1cc2c(s1)CCCCC2. The van der Waals surface area contributed by atoms with Crippen LogP contribution in [0.3, 0.4) is 0 Å². The van der Waals surface area contributed by atoms with Crippen LogP contribution in [0.25, 0.3) is 0 Å². The van der Waals surface area contributed by atoms with Crippen LogP contribution in [-0.2, 0) is 35.2 Å². The topological polar surface area (TPSA) is 46.6 Å². The first kappa shape index (κ1) is 23.2. The summed E-state index contributed by atoms with van der Waals surface area (Å²) in [5, 5.41) is 0. The minimum atomic E-state index is -0.382. The number of hydrogen-bond donors (Lipinski definition) is 0. The van der Waals surface area contributed by atoms with Crippen LogP contribution in [0.2, 0.25) is 0 Å². The first-order valence-electron chi connectivity index (χ1n) is 11.8. The highest BCUT2D eigenvalue weighted by Crippen LogP contribution is 2.29. The summed E-state index contributed by atoms with van der Waals surface area (Å²) in [5.74, 6) is -0.527. The Bertz CT molecular complexity index is 979. The van der Waals surface area contributed by atoms with Gasteiger partial charge in [-0.3, -0.25) is 4.79 Å². The number of nitrogens with zero attached hydrogens (tertiary/aromatic N) is 1. The van der Waals surface area contributed by atoms with Crippen LogP contribution in [0.1, 0.15) is 50.5 Å². The summed E-state index contributed by atoms with van der Waals surface area (Å²) in [5.41, 5.74) is 3.65. The lowest BCUT2D eigenvalue weighted by atomic mass is 10.1. The number of ether oxygens (including phenoxy) is 1. The third kappa shape index (κ3) is 6.78. The molecule has 0 radical (unpaired) electrons. The van der Waals surface area contributed by atoms with Gasteiger partial charge in [-0.15, -0.1) is 11.3 Å². The van der Waals surface area contributed by atoms with Crippen molar-refractivity contribution in [3.05, 3.63) is 93.2 Å². The second-order valence-corrected chi connectivity index (χ2v) is 9.68. The Balaban J connectivity index is 1.35. The van der Waals surface area contributed by atoms with E-state index < -0.39 is 0 Å². The van der Waals surface area contributed by atoms with Crippen LogP contribution >= 0.6 is 11.3 Å². The molecule has 0 saturated carbocycles. The van der Waals surface area contributed by atoms with Crippen molar-refractivity contribution in [3.63, 3.8) is 0 Å². The zero-order valence-corrected chi connectivity index (χ0v) is 19.8. The van der Waals surface area contributed by atoms with Crippen molar-refractivity contribution in [1.82, 2.24) is 4.90 Å². The molecular weight excluding hydrogens is 430 g/mol. The largest absolute Gasteiger partial charge is 0.451 e. The fraction of sp³-hybridized carbons (Fsp3) is 0.357. The van der Waals surface area contributed by atoms with E-state index in [9.17, 15) is 9.59 Å². The minimum Gasteiger partial charge on any atom is -0.451 e. The summed E-state index contributed by atoms with van der Waals surface area (Å²) in [4.78, 5) is 29.4. The van der Waals surface area contributed by atoms with Crippen molar-refractivity contribution >= 4 is 23.2 Å². The molecule has 4 nitrogen and oxygen atoms in total. The van der Waals surface area contributed by atoms with Crippen molar-refractivity contribution in [1.29, 1.82) is 0 Å². The maximum absolute atomic E-state index is 13.0. The van der Waals surface area contributed by atoms with Crippen molar-refractivity contribution in [3.8, 4) is 0 Å². The van der Waals surface area contributed by atoms with E-state index in [-0.39, 0.29) is 18.5 Å². The number of fused-ring (bicyclic) bond motifs is 1. The molecule has 0 atom stereocenters. The molecule has 0 aliphatic heterocycles. The summed E-state index contributed by atoms with van der Waals surface area (Å²) in [7, 11) is 0. The predicted molar refractivity (Wildman–Crippen MR) is 133 cm³/mol. The van der Waals surface area contributed by atoms with Gasteiger partial charge in [0.1, 0.15) is 4.88 Å². The first-order chi connectivity index (χ1) is 16.2. The van der Waals surface area contributed by atoms with Gasteiger partial charge < -0.3 is 9.64 Å². The molecule has 1 amide bonds. The zero-order chi connectivity index (χ0) is 22.9. The molecule has 5 heteroatoms. The Hall–Kier alpha value is -2.92. The van der Waals surface area contributed by atoms with Crippen molar-refractivity contribution in [2.45, 2.75) is 44.9 Å². The third-order valence-electron chi connectivity index (χ3n) is 6.15. The highest BCUT2D eigenvalue weighted by molar-refractivity contribution is 7.14. The van der Waals surface area contributed by atoms with Crippen LogP contribution in [0.5, 0.6) is 0 Å². The Kier molecular flexibility index (Phi) is 8.31. The summed E-state index contributed by atoms with van der Waals surface area (Å²) in [6.45, 7) is 0.978. The van der Waals surface area contributed by atoms with Gasteiger partial charge in [0, 0.05) is 18.0 Å². The number of benzene rings is 2. The van der Waals surface area contributed by atoms with Crippen LogP contribution in [0.15, 0.2) is 66.7 Å². The van der Waals surface area contributed by atoms with Gasteiger partial charge in [-0.25, -0.2) is 4.79 Å². The second kappa shape index (κ2) is 11.8. The van der Waals surface area contributed by atoms with E-state index in [1.807, 2.05) is 47.4 Å². The second-order valence-electron chi connectivity index (χ2n) is 8.55. The summed E-state index contributed by atoms with van der Waals surface area (Å²) < 4.78 is 5.46. The number of esters is 1. The molecule has 0 N–H and O–H groups in total. The highest BCUT2D eigenvalue weighted by atomic mass is 32.1. The smallest absolute Gasteiger partial charge is 0.348 e. The first-order valence-corrected chi connectivity index (χ1v) is 12.6. The average molecular weight is 462 g/mol. The number of aryl methyl sites for hydroxylation is 2.